The number of nitrogens with one attached hydrogen (secondary N) is 1. The van der Waals surface area contributed by atoms with E-state index in [1.54, 1.807) is 36.7 Å². The predicted octanol–water partition coefficient (Wildman–Crippen LogP) is 2.70. The molecule has 0 bridgehead atoms. The number of hydrogen-bond donors (Lipinski definition) is 1. The molecule has 5 nitrogen and oxygen atoms in total. The third-order valence-electron chi connectivity index (χ3n) is 4.38. The second-order valence-electron chi connectivity index (χ2n) is 6.17. The molecule has 1 N–H and O–H groups in total. The fourth-order valence-corrected chi connectivity index (χ4v) is 3.05. The van der Waals surface area contributed by atoms with Crippen molar-refractivity contribution in [2.75, 3.05) is 13.1 Å². The quantitative estimate of drug-likeness (QED) is 0.915. The average Bonchev–Trinajstić information content (AvgIpc) is 2.65. The van der Waals surface area contributed by atoms with E-state index in [-0.39, 0.29) is 17.9 Å². The highest BCUT2D eigenvalue weighted by atomic mass is 35.5. The van der Waals surface area contributed by atoms with Crippen LogP contribution in [-0.4, -0.2) is 40.8 Å². The lowest BCUT2D eigenvalue weighted by Gasteiger charge is -2.32. The minimum atomic E-state index is -0.112. The van der Waals surface area contributed by atoms with E-state index in [9.17, 15) is 9.59 Å². The first-order valence-corrected chi connectivity index (χ1v) is 8.73. The lowest BCUT2D eigenvalue weighted by molar-refractivity contribution is -0.131. The monoisotopic (exact) mass is 357 g/mol. The van der Waals surface area contributed by atoms with Crippen LogP contribution < -0.4 is 5.32 Å². The van der Waals surface area contributed by atoms with Gasteiger partial charge in [-0.1, -0.05) is 23.7 Å². The number of piperidine rings is 1. The van der Waals surface area contributed by atoms with E-state index < -0.39 is 0 Å². The number of halogens is 1. The smallest absolute Gasteiger partial charge is 0.253 e. The lowest BCUT2D eigenvalue weighted by Crippen LogP contribution is -2.47. The van der Waals surface area contributed by atoms with E-state index in [0.29, 0.717) is 30.1 Å². The Labute approximate surface area is 152 Å². The Morgan fingerprint density at radius 3 is 2.52 bits per heavy atom. The van der Waals surface area contributed by atoms with E-state index in [2.05, 4.69) is 10.3 Å². The molecule has 0 saturated carbocycles. The van der Waals surface area contributed by atoms with Crippen LogP contribution in [0.3, 0.4) is 0 Å². The fraction of sp³-hybridized carbons (Fsp3) is 0.316. The number of carbonyl (C=O) groups excluding carboxylic acids is 2. The second kappa shape index (κ2) is 8.12. The SMILES string of the molecule is O=C(NC1CCN(C(=O)Cc2ccc(Cl)cc2)CC1)c1cccnc1. The molecule has 0 aliphatic carbocycles. The van der Waals surface area contributed by atoms with Crippen molar-refractivity contribution in [2.45, 2.75) is 25.3 Å². The molecule has 3 rings (SSSR count). The highest BCUT2D eigenvalue weighted by Gasteiger charge is 2.24. The highest BCUT2D eigenvalue weighted by Crippen LogP contribution is 2.15. The molecule has 1 aromatic carbocycles. The second-order valence-corrected chi connectivity index (χ2v) is 6.61. The summed E-state index contributed by atoms with van der Waals surface area (Å²) in [6.45, 7) is 1.31. The van der Waals surface area contributed by atoms with Gasteiger partial charge in [0.2, 0.25) is 5.91 Å². The van der Waals surface area contributed by atoms with Crippen LogP contribution in [0.5, 0.6) is 0 Å². The summed E-state index contributed by atoms with van der Waals surface area (Å²) in [7, 11) is 0. The maximum atomic E-state index is 12.4. The van der Waals surface area contributed by atoms with Gasteiger partial charge in [-0.3, -0.25) is 14.6 Å². The Morgan fingerprint density at radius 1 is 1.16 bits per heavy atom. The molecule has 1 saturated heterocycles. The zero-order valence-electron chi connectivity index (χ0n) is 13.8. The standard InChI is InChI=1S/C19H20ClN3O2/c20-16-5-3-14(4-6-16)12-18(24)23-10-7-17(8-11-23)22-19(25)15-2-1-9-21-13-15/h1-6,9,13,17H,7-8,10-12H2,(H,22,25). The topological polar surface area (TPSA) is 62.3 Å². The zero-order chi connectivity index (χ0) is 17.6. The molecular formula is C19H20ClN3O2. The van der Waals surface area contributed by atoms with Crippen LogP contribution in [0.2, 0.25) is 5.02 Å². The number of rotatable bonds is 4. The summed E-state index contributed by atoms with van der Waals surface area (Å²) < 4.78 is 0. The number of nitrogens with zero attached hydrogens (tertiary/aromatic N) is 2. The third kappa shape index (κ3) is 4.79. The molecular weight excluding hydrogens is 338 g/mol. The zero-order valence-corrected chi connectivity index (χ0v) is 14.6. The van der Waals surface area contributed by atoms with E-state index in [1.165, 1.54) is 0 Å². The summed E-state index contributed by atoms with van der Waals surface area (Å²) in [5.74, 6) is -0.00148. The van der Waals surface area contributed by atoms with Gasteiger partial charge < -0.3 is 10.2 Å². The minimum Gasteiger partial charge on any atom is -0.349 e. The van der Waals surface area contributed by atoms with Gasteiger partial charge in [0, 0.05) is 36.5 Å². The van der Waals surface area contributed by atoms with E-state index in [4.69, 9.17) is 11.6 Å². The van der Waals surface area contributed by atoms with Gasteiger partial charge in [-0.2, -0.15) is 0 Å². The Hall–Kier alpha value is -2.40. The summed E-state index contributed by atoms with van der Waals surface area (Å²) >= 11 is 5.86. The van der Waals surface area contributed by atoms with Gasteiger partial charge >= 0.3 is 0 Å². The van der Waals surface area contributed by atoms with Crippen molar-refractivity contribution in [2.24, 2.45) is 0 Å². The molecule has 130 valence electrons. The van der Waals surface area contributed by atoms with Crippen molar-refractivity contribution in [3.63, 3.8) is 0 Å². The number of amides is 2. The molecule has 1 aliphatic rings. The summed E-state index contributed by atoms with van der Waals surface area (Å²) in [6.07, 6.45) is 5.10. The summed E-state index contributed by atoms with van der Waals surface area (Å²) in [4.78, 5) is 30.4. The van der Waals surface area contributed by atoms with Crippen molar-refractivity contribution < 1.29 is 9.59 Å². The van der Waals surface area contributed by atoms with Crippen molar-refractivity contribution >= 4 is 23.4 Å². The molecule has 1 aliphatic heterocycles. The van der Waals surface area contributed by atoms with Gasteiger partial charge in [-0.25, -0.2) is 0 Å². The number of aromatic nitrogens is 1. The molecule has 0 unspecified atom stereocenters. The largest absolute Gasteiger partial charge is 0.349 e. The maximum absolute atomic E-state index is 12.4. The molecule has 25 heavy (non-hydrogen) atoms. The Balaban J connectivity index is 1.47. The number of benzene rings is 1. The van der Waals surface area contributed by atoms with Gasteiger partial charge in [0.1, 0.15) is 0 Å². The predicted molar refractivity (Wildman–Crippen MR) is 96.5 cm³/mol. The molecule has 0 spiro atoms. The van der Waals surface area contributed by atoms with Crippen LogP contribution in [0.25, 0.3) is 0 Å². The number of hydrogen-bond acceptors (Lipinski definition) is 3. The number of carbonyl (C=O) groups is 2. The molecule has 1 fully saturated rings. The van der Waals surface area contributed by atoms with Gasteiger partial charge in [0.25, 0.3) is 5.91 Å². The van der Waals surface area contributed by atoms with Crippen LogP contribution in [-0.2, 0) is 11.2 Å². The van der Waals surface area contributed by atoms with Gasteiger partial charge in [0.05, 0.1) is 12.0 Å². The Kier molecular flexibility index (Phi) is 5.66. The third-order valence-corrected chi connectivity index (χ3v) is 4.63. The van der Waals surface area contributed by atoms with Crippen molar-refractivity contribution in [1.29, 1.82) is 0 Å². The first kappa shape index (κ1) is 17.4. The Morgan fingerprint density at radius 2 is 1.88 bits per heavy atom. The van der Waals surface area contributed by atoms with Crippen molar-refractivity contribution in [3.8, 4) is 0 Å². The van der Waals surface area contributed by atoms with Crippen LogP contribution in [0, 0.1) is 0 Å². The molecule has 0 atom stereocenters. The molecule has 1 aromatic heterocycles. The molecule has 0 radical (unpaired) electrons. The Bertz CT molecular complexity index is 726. The molecule has 2 heterocycles. The highest BCUT2D eigenvalue weighted by molar-refractivity contribution is 6.30. The van der Waals surface area contributed by atoms with E-state index >= 15 is 0 Å². The molecule has 2 aromatic rings. The van der Waals surface area contributed by atoms with E-state index in [0.717, 1.165) is 18.4 Å². The summed E-state index contributed by atoms with van der Waals surface area (Å²) in [6, 6.07) is 10.9. The van der Waals surface area contributed by atoms with Crippen molar-refractivity contribution in [3.05, 3.63) is 64.9 Å². The maximum Gasteiger partial charge on any atom is 0.253 e. The van der Waals surface area contributed by atoms with Crippen LogP contribution in [0.1, 0.15) is 28.8 Å². The lowest BCUT2D eigenvalue weighted by atomic mass is 10.0. The first-order chi connectivity index (χ1) is 12.1. The first-order valence-electron chi connectivity index (χ1n) is 8.35. The van der Waals surface area contributed by atoms with Crippen LogP contribution in [0.15, 0.2) is 48.8 Å². The molecule has 2 amide bonds. The average molecular weight is 358 g/mol. The van der Waals surface area contributed by atoms with E-state index in [1.807, 2.05) is 17.0 Å². The van der Waals surface area contributed by atoms with Gasteiger partial charge in [0.15, 0.2) is 0 Å². The van der Waals surface area contributed by atoms with Crippen LogP contribution >= 0.6 is 11.6 Å². The fourth-order valence-electron chi connectivity index (χ4n) is 2.93. The van der Waals surface area contributed by atoms with Gasteiger partial charge in [-0.15, -0.1) is 0 Å². The molecule has 6 heteroatoms. The van der Waals surface area contributed by atoms with Gasteiger partial charge in [-0.05, 0) is 42.7 Å². The summed E-state index contributed by atoms with van der Waals surface area (Å²) in [5, 5.41) is 3.69. The van der Waals surface area contributed by atoms with Crippen molar-refractivity contribution in [1.82, 2.24) is 15.2 Å². The number of likely N-dealkylation sites (tertiary alicyclic amines) is 1. The van der Waals surface area contributed by atoms with Crippen LogP contribution in [0.4, 0.5) is 0 Å². The number of pyridine rings is 1. The minimum absolute atomic E-state index is 0.0901. The normalized spacial score (nSPS) is 15.0. The summed E-state index contributed by atoms with van der Waals surface area (Å²) in [5.41, 5.74) is 1.52.